The zero-order valence-corrected chi connectivity index (χ0v) is 16.0. The summed E-state index contributed by atoms with van der Waals surface area (Å²) < 4.78 is 1.92. The molecule has 0 aliphatic rings. The smallest absolute Gasteiger partial charge is 0.335 e. The molecule has 3 rings (SSSR count). The topological polar surface area (TPSA) is 99.5 Å². The number of aromatic hydroxyl groups is 1. The van der Waals surface area contributed by atoms with Crippen LogP contribution in [0, 0.1) is 0 Å². The lowest BCUT2D eigenvalue weighted by Crippen LogP contribution is -2.31. The molecular weight excluding hydrogens is 412 g/mol. The summed E-state index contributed by atoms with van der Waals surface area (Å²) in [6.45, 7) is 1.94. The van der Waals surface area contributed by atoms with Crippen LogP contribution in [0.25, 0.3) is 5.69 Å². The molecule has 0 spiro atoms. The number of anilines is 1. The summed E-state index contributed by atoms with van der Waals surface area (Å²) in [5, 5.41) is 14.6. The number of aromatic amines is 1. The van der Waals surface area contributed by atoms with Crippen LogP contribution >= 0.6 is 15.9 Å². The first kappa shape index (κ1) is 18.7. The van der Waals surface area contributed by atoms with Gasteiger partial charge in [-0.2, -0.15) is 5.10 Å². The van der Waals surface area contributed by atoms with Gasteiger partial charge in [-0.3, -0.25) is 15.2 Å². The van der Waals surface area contributed by atoms with Crippen LogP contribution in [0.3, 0.4) is 0 Å². The third kappa shape index (κ3) is 4.01. The molecule has 1 heterocycles. The van der Waals surface area contributed by atoms with Crippen LogP contribution in [0.15, 0.2) is 67.7 Å². The second-order valence-electron chi connectivity index (χ2n) is 5.69. The average molecular weight is 429 g/mol. The van der Waals surface area contributed by atoms with E-state index in [4.69, 9.17) is 0 Å². The number of hydrazone groups is 1. The Morgan fingerprint density at radius 1 is 1.22 bits per heavy atom. The number of hydrogen-bond donors (Lipinski definition) is 3. The lowest BCUT2D eigenvalue weighted by atomic mass is 10.1. The van der Waals surface area contributed by atoms with E-state index in [9.17, 15) is 14.7 Å². The highest BCUT2D eigenvalue weighted by Crippen LogP contribution is 2.23. The Morgan fingerprint density at radius 2 is 1.96 bits per heavy atom. The van der Waals surface area contributed by atoms with Crippen molar-refractivity contribution in [3.05, 3.63) is 85.0 Å². The van der Waals surface area contributed by atoms with Gasteiger partial charge in [-0.25, -0.2) is 9.36 Å². The third-order valence-corrected chi connectivity index (χ3v) is 4.44. The molecule has 0 saturated heterocycles. The number of aryl methyl sites for hydroxylation is 1. The van der Waals surface area contributed by atoms with Crippen molar-refractivity contribution in [2.45, 2.75) is 13.3 Å². The monoisotopic (exact) mass is 428 g/mol. The average Bonchev–Trinajstić information content (AvgIpc) is 2.66. The van der Waals surface area contributed by atoms with Crippen molar-refractivity contribution in [1.29, 1.82) is 0 Å². The summed E-state index contributed by atoms with van der Waals surface area (Å²) in [5.74, 6) is -0.473. The lowest BCUT2D eigenvalue weighted by molar-refractivity contribution is 0.429. The van der Waals surface area contributed by atoms with Crippen LogP contribution in [0.1, 0.15) is 18.1 Å². The Bertz CT molecular complexity index is 1100. The second-order valence-corrected chi connectivity index (χ2v) is 6.61. The zero-order valence-electron chi connectivity index (χ0n) is 14.4. The molecule has 0 fully saturated rings. The number of rotatable bonds is 5. The molecule has 27 heavy (non-hydrogen) atoms. The first-order valence-electron chi connectivity index (χ1n) is 8.22. The van der Waals surface area contributed by atoms with Gasteiger partial charge < -0.3 is 5.11 Å². The highest BCUT2D eigenvalue weighted by Gasteiger charge is 2.16. The maximum atomic E-state index is 12.3. The summed E-state index contributed by atoms with van der Waals surface area (Å²) in [7, 11) is 0. The van der Waals surface area contributed by atoms with Gasteiger partial charge in [0.15, 0.2) is 0 Å². The lowest BCUT2D eigenvalue weighted by Gasteiger charge is -2.13. The summed E-state index contributed by atoms with van der Waals surface area (Å²) in [6.07, 6.45) is 1.82. The molecule has 0 unspecified atom stereocenters. The van der Waals surface area contributed by atoms with Crippen molar-refractivity contribution < 1.29 is 5.11 Å². The van der Waals surface area contributed by atoms with Crippen LogP contribution in [-0.2, 0) is 6.42 Å². The maximum absolute atomic E-state index is 12.3. The van der Waals surface area contributed by atoms with Crippen molar-refractivity contribution in [1.82, 2.24) is 9.55 Å². The summed E-state index contributed by atoms with van der Waals surface area (Å²) in [5.41, 5.74) is 3.25. The fourth-order valence-corrected chi connectivity index (χ4v) is 3.03. The Kier molecular flexibility index (Phi) is 5.56. The number of nitrogens with one attached hydrogen (secondary N) is 2. The fourth-order valence-electron chi connectivity index (χ4n) is 2.62. The number of H-pyrrole nitrogens is 1. The molecule has 7 nitrogen and oxygen atoms in total. The zero-order chi connectivity index (χ0) is 19.4. The number of hydrogen-bond acceptors (Lipinski definition) is 5. The molecule has 3 aromatic rings. The first-order chi connectivity index (χ1) is 13.0. The van der Waals surface area contributed by atoms with Crippen molar-refractivity contribution in [2.75, 3.05) is 5.43 Å². The third-order valence-electron chi connectivity index (χ3n) is 3.95. The molecule has 0 aliphatic heterocycles. The van der Waals surface area contributed by atoms with Gasteiger partial charge >= 0.3 is 5.69 Å². The molecule has 0 atom stereocenters. The molecular formula is C19H17BrN4O3. The molecule has 138 valence electrons. The predicted octanol–water partition coefficient (Wildman–Crippen LogP) is 3.00. The number of benzene rings is 2. The number of aromatic nitrogens is 2. The van der Waals surface area contributed by atoms with E-state index in [0.717, 1.165) is 20.3 Å². The SMILES string of the molecule is CCc1cc(Br)ccc1-n1c(O)c(C=NNc2ccccc2)c(=O)[nH]c1=O. The van der Waals surface area contributed by atoms with E-state index in [1.165, 1.54) is 6.21 Å². The molecule has 0 amide bonds. The van der Waals surface area contributed by atoms with Crippen molar-refractivity contribution in [3.63, 3.8) is 0 Å². The van der Waals surface area contributed by atoms with E-state index in [2.05, 4.69) is 31.4 Å². The minimum Gasteiger partial charge on any atom is -0.493 e. The van der Waals surface area contributed by atoms with E-state index >= 15 is 0 Å². The number of para-hydroxylation sites is 1. The summed E-state index contributed by atoms with van der Waals surface area (Å²) >= 11 is 3.39. The quantitative estimate of drug-likeness (QED) is 0.429. The van der Waals surface area contributed by atoms with Gasteiger partial charge in [-0.1, -0.05) is 41.1 Å². The van der Waals surface area contributed by atoms with Crippen LogP contribution in [0.4, 0.5) is 5.69 Å². The molecule has 8 heteroatoms. The Labute approximate surface area is 163 Å². The first-order valence-corrected chi connectivity index (χ1v) is 9.01. The van der Waals surface area contributed by atoms with Crippen molar-refractivity contribution in [3.8, 4) is 11.6 Å². The molecule has 1 aromatic heterocycles. The van der Waals surface area contributed by atoms with E-state index in [1.807, 2.05) is 31.2 Å². The Morgan fingerprint density at radius 3 is 2.67 bits per heavy atom. The van der Waals surface area contributed by atoms with Crippen LogP contribution in [-0.4, -0.2) is 20.9 Å². The highest BCUT2D eigenvalue weighted by atomic mass is 79.9. The second kappa shape index (κ2) is 8.05. The van der Waals surface area contributed by atoms with E-state index in [0.29, 0.717) is 12.1 Å². The maximum Gasteiger partial charge on any atom is 0.335 e. The number of halogens is 1. The predicted molar refractivity (Wildman–Crippen MR) is 109 cm³/mol. The van der Waals surface area contributed by atoms with Crippen molar-refractivity contribution in [2.24, 2.45) is 5.10 Å². The minimum absolute atomic E-state index is 0.122. The standard InChI is InChI=1S/C19H17BrN4O3/c1-2-12-10-13(20)8-9-16(12)24-18(26)15(17(25)22-19(24)27)11-21-23-14-6-4-3-5-7-14/h3-11,23,26H,2H2,1H3,(H,22,25,27). The van der Waals surface area contributed by atoms with E-state index in [-0.39, 0.29) is 5.56 Å². The van der Waals surface area contributed by atoms with Gasteiger partial charge in [0.2, 0.25) is 5.88 Å². The van der Waals surface area contributed by atoms with Crippen LogP contribution in [0.2, 0.25) is 0 Å². The Balaban J connectivity index is 2.06. The number of nitrogens with zero attached hydrogens (tertiary/aromatic N) is 2. The van der Waals surface area contributed by atoms with E-state index in [1.54, 1.807) is 24.3 Å². The molecule has 3 N–H and O–H groups in total. The Hall–Kier alpha value is -3.13. The molecule has 0 bridgehead atoms. The van der Waals surface area contributed by atoms with Crippen LogP contribution in [0.5, 0.6) is 5.88 Å². The molecule has 0 radical (unpaired) electrons. The van der Waals surface area contributed by atoms with Gasteiger partial charge in [-0.15, -0.1) is 0 Å². The van der Waals surface area contributed by atoms with Crippen molar-refractivity contribution >= 4 is 27.8 Å². The summed E-state index contributed by atoms with van der Waals surface area (Å²) in [6, 6.07) is 14.5. The molecule has 0 aliphatic carbocycles. The molecule has 0 saturated carbocycles. The molecule has 2 aromatic carbocycles. The normalized spacial score (nSPS) is 11.0. The van der Waals surface area contributed by atoms with Gasteiger partial charge in [0.25, 0.3) is 5.56 Å². The highest BCUT2D eigenvalue weighted by molar-refractivity contribution is 9.10. The van der Waals surface area contributed by atoms with E-state index < -0.39 is 17.1 Å². The van der Waals surface area contributed by atoms with Crippen LogP contribution < -0.4 is 16.7 Å². The summed E-state index contributed by atoms with van der Waals surface area (Å²) in [4.78, 5) is 26.7. The van der Waals surface area contributed by atoms with Gasteiger partial charge in [0.05, 0.1) is 17.6 Å². The van der Waals surface area contributed by atoms with Gasteiger partial charge in [0.1, 0.15) is 5.56 Å². The van der Waals surface area contributed by atoms with Gasteiger partial charge in [0, 0.05) is 4.47 Å². The van der Waals surface area contributed by atoms with Gasteiger partial charge in [-0.05, 0) is 42.3 Å². The largest absolute Gasteiger partial charge is 0.493 e. The minimum atomic E-state index is -0.720. The fraction of sp³-hybridized carbons (Fsp3) is 0.105.